The molecule has 6 N–H and O–H groups in total. The third kappa shape index (κ3) is 8.39. The van der Waals surface area contributed by atoms with Gasteiger partial charge in [-0.3, -0.25) is 0 Å². The molecular formula is C25H54N6O2. The van der Waals surface area contributed by atoms with Gasteiger partial charge in [0.25, 0.3) is 0 Å². The first kappa shape index (κ1) is 28.9. The first-order valence-electron chi connectivity index (χ1n) is 13.0. The summed E-state index contributed by atoms with van der Waals surface area (Å²) in [5, 5.41) is 38.3. The molecule has 2 aliphatic rings. The summed E-state index contributed by atoms with van der Waals surface area (Å²) in [5.41, 5.74) is -0.788. The molecule has 0 aromatic carbocycles. The smallest absolute Gasteiger partial charge is 0.0425 e. The molecule has 2 heterocycles. The molecule has 0 bridgehead atoms. The SMILES string of the molecule is CC1(C)CC(NCCCNCCNCCNC2CC(C)(C)N(O)C(C)(C)C2)CC(C)(C)N1O. The zero-order valence-corrected chi connectivity index (χ0v) is 22.7. The minimum atomic E-state index is -0.200. The van der Waals surface area contributed by atoms with Crippen molar-refractivity contribution in [2.45, 2.75) is 122 Å². The molecule has 0 spiro atoms. The van der Waals surface area contributed by atoms with E-state index in [4.69, 9.17) is 0 Å². The summed E-state index contributed by atoms with van der Waals surface area (Å²) in [6.07, 6.45) is 4.95. The fourth-order valence-corrected chi connectivity index (χ4v) is 6.14. The molecule has 8 heteroatoms. The Morgan fingerprint density at radius 3 is 1.30 bits per heavy atom. The van der Waals surface area contributed by atoms with Crippen molar-refractivity contribution in [3.63, 3.8) is 0 Å². The lowest BCUT2D eigenvalue weighted by Crippen LogP contribution is -2.62. The molecule has 33 heavy (non-hydrogen) atoms. The summed E-state index contributed by atoms with van der Waals surface area (Å²) in [6, 6.07) is 0.889. The van der Waals surface area contributed by atoms with E-state index in [0.717, 1.165) is 71.4 Å². The van der Waals surface area contributed by atoms with Crippen LogP contribution in [0.3, 0.4) is 0 Å². The van der Waals surface area contributed by atoms with Crippen molar-refractivity contribution in [2.75, 3.05) is 39.3 Å². The molecule has 2 aliphatic heterocycles. The number of nitrogens with zero attached hydrogens (tertiary/aromatic N) is 2. The lowest BCUT2D eigenvalue weighted by atomic mass is 9.79. The van der Waals surface area contributed by atoms with Crippen LogP contribution in [0.25, 0.3) is 0 Å². The third-order valence-corrected chi connectivity index (χ3v) is 7.45. The monoisotopic (exact) mass is 470 g/mol. The van der Waals surface area contributed by atoms with Crippen molar-refractivity contribution in [3.05, 3.63) is 0 Å². The molecule has 2 saturated heterocycles. The predicted octanol–water partition coefficient (Wildman–Crippen LogP) is 2.56. The van der Waals surface area contributed by atoms with Gasteiger partial charge >= 0.3 is 0 Å². The van der Waals surface area contributed by atoms with E-state index < -0.39 is 0 Å². The number of hydrogen-bond acceptors (Lipinski definition) is 8. The van der Waals surface area contributed by atoms with Crippen LogP contribution < -0.4 is 21.3 Å². The second kappa shape index (κ2) is 11.6. The normalized spacial score (nSPS) is 26.0. The highest BCUT2D eigenvalue weighted by molar-refractivity contribution is 4.99. The first-order valence-corrected chi connectivity index (χ1v) is 13.0. The lowest BCUT2D eigenvalue weighted by Gasteiger charge is -2.51. The maximum Gasteiger partial charge on any atom is 0.0425 e. The van der Waals surface area contributed by atoms with Crippen molar-refractivity contribution in [2.24, 2.45) is 0 Å². The molecule has 0 aliphatic carbocycles. The van der Waals surface area contributed by atoms with Crippen LogP contribution >= 0.6 is 0 Å². The van der Waals surface area contributed by atoms with Gasteiger partial charge in [-0.05, 0) is 101 Å². The first-order chi connectivity index (χ1) is 15.2. The molecule has 0 aromatic rings. The highest BCUT2D eigenvalue weighted by Crippen LogP contribution is 2.37. The Hall–Kier alpha value is -0.320. The molecule has 2 fully saturated rings. The Labute approximate surface area is 203 Å². The van der Waals surface area contributed by atoms with Crippen LogP contribution in [0.1, 0.15) is 87.5 Å². The van der Waals surface area contributed by atoms with Gasteiger partial charge in [-0.1, -0.05) is 0 Å². The predicted molar refractivity (Wildman–Crippen MR) is 136 cm³/mol. The molecule has 196 valence electrons. The third-order valence-electron chi connectivity index (χ3n) is 7.45. The van der Waals surface area contributed by atoms with Crippen LogP contribution in [0.2, 0.25) is 0 Å². The number of hydroxylamine groups is 4. The van der Waals surface area contributed by atoms with Gasteiger partial charge in [-0.15, -0.1) is 0 Å². The summed E-state index contributed by atoms with van der Waals surface area (Å²) in [4.78, 5) is 0. The Morgan fingerprint density at radius 2 is 0.879 bits per heavy atom. The van der Waals surface area contributed by atoms with Crippen molar-refractivity contribution in [1.29, 1.82) is 0 Å². The van der Waals surface area contributed by atoms with Crippen molar-refractivity contribution < 1.29 is 10.4 Å². The fraction of sp³-hybridized carbons (Fsp3) is 1.00. The van der Waals surface area contributed by atoms with E-state index in [1.54, 1.807) is 5.06 Å². The molecule has 0 saturated carbocycles. The summed E-state index contributed by atoms with van der Waals surface area (Å²) in [6.45, 7) is 22.8. The number of piperidine rings is 2. The van der Waals surface area contributed by atoms with Crippen LogP contribution in [0.4, 0.5) is 0 Å². The largest absolute Gasteiger partial charge is 0.315 e. The van der Waals surface area contributed by atoms with Crippen molar-refractivity contribution in [3.8, 4) is 0 Å². The fourth-order valence-electron chi connectivity index (χ4n) is 6.14. The van der Waals surface area contributed by atoms with Gasteiger partial charge < -0.3 is 31.7 Å². The Morgan fingerprint density at radius 1 is 0.545 bits per heavy atom. The van der Waals surface area contributed by atoms with Crippen LogP contribution in [-0.4, -0.2) is 94.0 Å². The van der Waals surface area contributed by atoms with Crippen molar-refractivity contribution in [1.82, 2.24) is 31.4 Å². The van der Waals surface area contributed by atoms with Gasteiger partial charge in [0, 0.05) is 60.4 Å². The highest BCUT2D eigenvalue weighted by Gasteiger charge is 2.45. The minimum Gasteiger partial charge on any atom is -0.315 e. The Bertz CT molecular complexity index is 509. The van der Waals surface area contributed by atoms with Crippen LogP contribution in [0.15, 0.2) is 0 Å². The van der Waals surface area contributed by atoms with E-state index in [1.807, 2.05) is 0 Å². The van der Waals surface area contributed by atoms with Gasteiger partial charge in [0.2, 0.25) is 0 Å². The second-order valence-corrected chi connectivity index (χ2v) is 12.8. The zero-order chi connectivity index (χ0) is 24.9. The molecule has 0 aromatic heterocycles. The van der Waals surface area contributed by atoms with Gasteiger partial charge in [-0.2, -0.15) is 10.1 Å². The average molecular weight is 471 g/mol. The van der Waals surface area contributed by atoms with Gasteiger partial charge in [0.15, 0.2) is 0 Å². The Balaban J connectivity index is 1.47. The second-order valence-electron chi connectivity index (χ2n) is 12.8. The molecule has 0 radical (unpaired) electrons. The molecule has 2 rings (SSSR count). The number of hydrogen-bond donors (Lipinski definition) is 6. The van der Waals surface area contributed by atoms with E-state index in [-0.39, 0.29) is 22.2 Å². The summed E-state index contributed by atoms with van der Waals surface area (Å²) in [7, 11) is 0. The van der Waals surface area contributed by atoms with Crippen LogP contribution in [-0.2, 0) is 0 Å². The van der Waals surface area contributed by atoms with E-state index in [9.17, 15) is 10.4 Å². The minimum absolute atomic E-state index is 0.194. The van der Waals surface area contributed by atoms with Crippen molar-refractivity contribution >= 4 is 0 Å². The van der Waals surface area contributed by atoms with E-state index in [2.05, 4.69) is 76.7 Å². The maximum absolute atomic E-state index is 10.4. The summed E-state index contributed by atoms with van der Waals surface area (Å²) < 4.78 is 0. The molecule has 0 amide bonds. The van der Waals surface area contributed by atoms with E-state index >= 15 is 0 Å². The van der Waals surface area contributed by atoms with Gasteiger partial charge in [-0.25, -0.2) is 0 Å². The summed E-state index contributed by atoms with van der Waals surface area (Å²) >= 11 is 0. The Kier molecular flexibility index (Phi) is 10.2. The topological polar surface area (TPSA) is 95.1 Å². The number of rotatable bonds is 12. The standard InChI is InChI=1S/C25H54N6O2/c1-22(2)16-20(17-23(3,4)30(22)32)28-11-9-10-26-12-13-27-14-15-29-21-18-24(5,6)31(33)25(7,8)19-21/h20-21,26-29,32-33H,9-19H2,1-8H3. The maximum atomic E-state index is 10.4. The van der Waals surface area contributed by atoms with Crippen LogP contribution in [0.5, 0.6) is 0 Å². The molecular weight excluding hydrogens is 416 g/mol. The molecule has 0 atom stereocenters. The zero-order valence-electron chi connectivity index (χ0n) is 22.7. The highest BCUT2D eigenvalue weighted by atomic mass is 16.5. The molecule has 0 unspecified atom stereocenters. The van der Waals surface area contributed by atoms with E-state index in [0.29, 0.717) is 12.1 Å². The van der Waals surface area contributed by atoms with E-state index in [1.165, 1.54) is 5.06 Å². The number of nitrogens with one attached hydrogen (secondary N) is 4. The van der Waals surface area contributed by atoms with Gasteiger partial charge in [0.05, 0.1) is 0 Å². The van der Waals surface area contributed by atoms with Crippen LogP contribution in [0, 0.1) is 0 Å². The summed E-state index contributed by atoms with van der Waals surface area (Å²) in [5.74, 6) is 0. The van der Waals surface area contributed by atoms with Gasteiger partial charge in [0.1, 0.15) is 0 Å². The average Bonchev–Trinajstić information content (AvgIpc) is 2.67. The quantitative estimate of drug-likeness (QED) is 0.242. The lowest BCUT2D eigenvalue weighted by molar-refractivity contribution is -0.246. The molecule has 8 nitrogen and oxygen atoms in total.